The molecular formula is C19H32ClN. The fourth-order valence-corrected chi connectivity index (χ4v) is 2.90. The van der Waals surface area contributed by atoms with Gasteiger partial charge in [0.25, 0.3) is 0 Å². The topological polar surface area (TPSA) is 12.0 Å². The predicted molar refractivity (Wildman–Crippen MR) is 95.2 cm³/mol. The minimum absolute atomic E-state index is 0.554. The molecule has 0 aliphatic carbocycles. The third-order valence-corrected chi connectivity index (χ3v) is 4.37. The van der Waals surface area contributed by atoms with E-state index in [0.29, 0.717) is 12.0 Å². The first-order valence-electron chi connectivity index (χ1n) is 8.60. The van der Waals surface area contributed by atoms with Gasteiger partial charge in [0.2, 0.25) is 0 Å². The minimum atomic E-state index is 0.554. The van der Waals surface area contributed by atoms with Crippen LogP contribution in [0.3, 0.4) is 0 Å². The zero-order chi connectivity index (χ0) is 15.5. The number of hydrogen-bond acceptors (Lipinski definition) is 1. The molecule has 1 nitrogen and oxygen atoms in total. The summed E-state index contributed by atoms with van der Waals surface area (Å²) < 4.78 is 0. The number of halogens is 1. The van der Waals surface area contributed by atoms with E-state index in [4.69, 9.17) is 11.6 Å². The van der Waals surface area contributed by atoms with Gasteiger partial charge in [-0.25, -0.2) is 0 Å². The van der Waals surface area contributed by atoms with Crippen LogP contribution in [0.1, 0.15) is 64.9 Å². The highest BCUT2D eigenvalue weighted by molar-refractivity contribution is 6.31. The lowest BCUT2D eigenvalue weighted by molar-refractivity contribution is 0.404. The van der Waals surface area contributed by atoms with E-state index in [1.165, 1.54) is 44.1 Å². The Balaban J connectivity index is 2.45. The largest absolute Gasteiger partial charge is 0.314 e. The molecule has 0 aromatic heterocycles. The van der Waals surface area contributed by atoms with E-state index in [0.717, 1.165) is 18.0 Å². The molecule has 0 radical (unpaired) electrons. The Labute approximate surface area is 136 Å². The van der Waals surface area contributed by atoms with E-state index in [2.05, 4.69) is 38.2 Å². The molecule has 1 aromatic rings. The summed E-state index contributed by atoms with van der Waals surface area (Å²) in [6.07, 6.45) is 9.18. The van der Waals surface area contributed by atoms with Crippen LogP contribution >= 0.6 is 11.6 Å². The Hall–Kier alpha value is -0.530. The Morgan fingerprint density at radius 1 is 1.05 bits per heavy atom. The maximum Gasteiger partial charge on any atom is 0.0438 e. The third-order valence-electron chi connectivity index (χ3n) is 4.00. The van der Waals surface area contributed by atoms with Gasteiger partial charge in [0, 0.05) is 11.1 Å². The molecule has 21 heavy (non-hydrogen) atoms. The summed E-state index contributed by atoms with van der Waals surface area (Å²) >= 11 is 6.31. The van der Waals surface area contributed by atoms with Gasteiger partial charge in [-0.3, -0.25) is 0 Å². The SMILES string of the molecule is CCCCCCCC(CNC(C)C)Cc1ccccc1Cl. The molecule has 0 heterocycles. The molecule has 0 saturated carbocycles. The monoisotopic (exact) mass is 309 g/mol. The Kier molecular flexibility index (Phi) is 9.78. The highest BCUT2D eigenvalue weighted by atomic mass is 35.5. The van der Waals surface area contributed by atoms with Crippen molar-refractivity contribution < 1.29 is 0 Å². The second-order valence-corrected chi connectivity index (χ2v) is 6.83. The zero-order valence-electron chi connectivity index (χ0n) is 14.0. The van der Waals surface area contributed by atoms with Crippen molar-refractivity contribution in [2.24, 2.45) is 5.92 Å². The van der Waals surface area contributed by atoms with Gasteiger partial charge in [-0.15, -0.1) is 0 Å². The molecule has 1 atom stereocenters. The number of rotatable bonds is 11. The number of nitrogens with one attached hydrogen (secondary N) is 1. The van der Waals surface area contributed by atoms with Crippen molar-refractivity contribution in [3.8, 4) is 0 Å². The van der Waals surface area contributed by atoms with Crippen molar-refractivity contribution >= 4 is 11.6 Å². The molecule has 1 unspecified atom stereocenters. The number of hydrogen-bond donors (Lipinski definition) is 1. The van der Waals surface area contributed by atoms with Crippen molar-refractivity contribution in [1.82, 2.24) is 5.32 Å². The summed E-state index contributed by atoms with van der Waals surface area (Å²) in [5.41, 5.74) is 1.29. The summed E-state index contributed by atoms with van der Waals surface area (Å²) in [7, 11) is 0. The minimum Gasteiger partial charge on any atom is -0.314 e. The fourth-order valence-electron chi connectivity index (χ4n) is 2.69. The zero-order valence-corrected chi connectivity index (χ0v) is 14.8. The van der Waals surface area contributed by atoms with E-state index >= 15 is 0 Å². The second kappa shape index (κ2) is 11.1. The van der Waals surface area contributed by atoms with E-state index in [1.54, 1.807) is 0 Å². The molecule has 0 fully saturated rings. The van der Waals surface area contributed by atoms with Gasteiger partial charge < -0.3 is 5.32 Å². The fraction of sp³-hybridized carbons (Fsp3) is 0.684. The maximum atomic E-state index is 6.31. The molecule has 0 bridgehead atoms. The average Bonchev–Trinajstić information content (AvgIpc) is 2.46. The summed E-state index contributed by atoms with van der Waals surface area (Å²) in [4.78, 5) is 0. The van der Waals surface area contributed by atoms with Gasteiger partial charge in [0.1, 0.15) is 0 Å². The van der Waals surface area contributed by atoms with E-state index in [-0.39, 0.29) is 0 Å². The first kappa shape index (κ1) is 18.5. The predicted octanol–water partition coefficient (Wildman–Crippen LogP) is 5.86. The van der Waals surface area contributed by atoms with Crippen LogP contribution in [-0.2, 0) is 6.42 Å². The van der Waals surface area contributed by atoms with Gasteiger partial charge in [0.05, 0.1) is 0 Å². The van der Waals surface area contributed by atoms with Crippen molar-refractivity contribution in [2.45, 2.75) is 71.8 Å². The van der Waals surface area contributed by atoms with Crippen molar-refractivity contribution in [3.63, 3.8) is 0 Å². The van der Waals surface area contributed by atoms with Crippen LogP contribution in [0.4, 0.5) is 0 Å². The molecule has 1 aromatic carbocycles. The van der Waals surface area contributed by atoms with Gasteiger partial charge >= 0.3 is 0 Å². The van der Waals surface area contributed by atoms with E-state index in [1.807, 2.05) is 12.1 Å². The quantitative estimate of drug-likeness (QED) is 0.505. The molecular weight excluding hydrogens is 278 g/mol. The highest BCUT2D eigenvalue weighted by Crippen LogP contribution is 2.22. The lowest BCUT2D eigenvalue weighted by Gasteiger charge is -2.20. The first-order chi connectivity index (χ1) is 10.1. The van der Waals surface area contributed by atoms with Crippen LogP contribution in [0.5, 0.6) is 0 Å². The molecule has 1 N–H and O–H groups in total. The molecule has 0 saturated heterocycles. The number of benzene rings is 1. The lowest BCUT2D eigenvalue weighted by atomic mass is 9.93. The third kappa shape index (κ3) is 8.48. The molecule has 0 aliphatic rings. The van der Waals surface area contributed by atoms with Gasteiger partial charge in [-0.1, -0.05) is 82.7 Å². The van der Waals surface area contributed by atoms with Crippen molar-refractivity contribution in [1.29, 1.82) is 0 Å². The van der Waals surface area contributed by atoms with Gasteiger partial charge in [-0.2, -0.15) is 0 Å². The summed E-state index contributed by atoms with van der Waals surface area (Å²) in [5.74, 6) is 0.689. The van der Waals surface area contributed by atoms with Crippen LogP contribution in [0, 0.1) is 5.92 Å². The molecule has 2 heteroatoms. The smallest absolute Gasteiger partial charge is 0.0438 e. The van der Waals surface area contributed by atoms with Crippen molar-refractivity contribution in [2.75, 3.05) is 6.54 Å². The van der Waals surface area contributed by atoms with E-state index in [9.17, 15) is 0 Å². The van der Waals surface area contributed by atoms with Crippen LogP contribution in [0.15, 0.2) is 24.3 Å². The molecule has 1 rings (SSSR count). The maximum absolute atomic E-state index is 6.31. The summed E-state index contributed by atoms with van der Waals surface area (Å²) in [6.45, 7) is 7.80. The highest BCUT2D eigenvalue weighted by Gasteiger charge is 2.12. The van der Waals surface area contributed by atoms with Crippen LogP contribution in [0.2, 0.25) is 5.02 Å². The average molecular weight is 310 g/mol. The second-order valence-electron chi connectivity index (χ2n) is 6.43. The standard InChI is InChI=1S/C19H32ClN/c1-4-5-6-7-8-11-17(15-21-16(2)3)14-18-12-9-10-13-19(18)20/h9-10,12-13,16-17,21H,4-8,11,14-15H2,1-3H3. The molecule has 0 aliphatic heterocycles. The Morgan fingerprint density at radius 3 is 2.43 bits per heavy atom. The Bertz CT molecular complexity index is 376. The van der Waals surface area contributed by atoms with Crippen molar-refractivity contribution in [3.05, 3.63) is 34.9 Å². The summed E-state index contributed by atoms with van der Waals surface area (Å²) in [5, 5.41) is 4.51. The molecule has 120 valence electrons. The van der Waals surface area contributed by atoms with Gasteiger partial charge in [0.15, 0.2) is 0 Å². The van der Waals surface area contributed by atoms with E-state index < -0.39 is 0 Å². The normalized spacial score (nSPS) is 12.8. The molecule has 0 spiro atoms. The Morgan fingerprint density at radius 2 is 1.76 bits per heavy atom. The van der Waals surface area contributed by atoms with Crippen LogP contribution in [-0.4, -0.2) is 12.6 Å². The van der Waals surface area contributed by atoms with Crippen LogP contribution in [0.25, 0.3) is 0 Å². The summed E-state index contributed by atoms with van der Waals surface area (Å²) in [6, 6.07) is 8.83. The van der Waals surface area contributed by atoms with Gasteiger partial charge in [-0.05, 0) is 36.9 Å². The molecule has 0 amide bonds. The number of unbranched alkanes of at least 4 members (excludes halogenated alkanes) is 4. The van der Waals surface area contributed by atoms with Crippen LogP contribution < -0.4 is 5.32 Å². The first-order valence-corrected chi connectivity index (χ1v) is 8.98. The lowest BCUT2D eigenvalue weighted by Crippen LogP contribution is -2.30.